The topological polar surface area (TPSA) is 63.1 Å². The fraction of sp³-hybridized carbons (Fsp3) is 0.500. The van der Waals surface area contributed by atoms with Gasteiger partial charge in [-0.2, -0.15) is 0 Å². The minimum atomic E-state index is -1.08. The monoisotopic (exact) mass is 228 g/mol. The van der Waals surface area contributed by atoms with Crippen molar-refractivity contribution in [2.24, 2.45) is 0 Å². The van der Waals surface area contributed by atoms with Crippen LogP contribution in [0.25, 0.3) is 0 Å². The molecule has 0 saturated heterocycles. The van der Waals surface area contributed by atoms with E-state index >= 15 is 0 Å². The number of rotatable bonds is 1. The fourth-order valence-corrected chi connectivity index (χ4v) is 1.85. The molecule has 0 saturated carbocycles. The van der Waals surface area contributed by atoms with Crippen LogP contribution in [0.2, 0.25) is 5.15 Å². The Balaban J connectivity index is 3.55. The molecule has 1 N–H and O–H groups in total. The summed E-state index contributed by atoms with van der Waals surface area (Å²) in [5.74, 6) is -0.710. The molecule has 82 valence electrons. The molecule has 0 aliphatic rings. The van der Waals surface area contributed by atoms with E-state index in [2.05, 4.69) is 9.97 Å². The molecule has 0 atom stereocenters. The minimum Gasteiger partial charge on any atom is -0.476 e. The lowest BCUT2D eigenvalue weighted by molar-refractivity contribution is 0.0687. The van der Waals surface area contributed by atoms with E-state index in [4.69, 9.17) is 16.7 Å². The van der Waals surface area contributed by atoms with E-state index in [0.29, 0.717) is 11.4 Å². The third kappa shape index (κ3) is 2.45. The highest BCUT2D eigenvalue weighted by molar-refractivity contribution is 6.30. The van der Waals surface area contributed by atoms with Crippen molar-refractivity contribution in [3.05, 3.63) is 22.2 Å². The molecule has 0 aliphatic carbocycles. The summed E-state index contributed by atoms with van der Waals surface area (Å²) in [5.41, 5.74) is 0.0701. The number of nitrogens with zero attached hydrogens (tertiary/aromatic N) is 2. The Morgan fingerprint density at radius 2 is 1.87 bits per heavy atom. The van der Waals surface area contributed by atoms with Gasteiger partial charge in [0.1, 0.15) is 11.0 Å². The first kappa shape index (κ1) is 11.9. The molecule has 5 heteroatoms. The smallest absolute Gasteiger partial charge is 0.354 e. The number of aryl methyl sites for hydroxylation is 1. The second-order valence-corrected chi connectivity index (χ2v) is 4.70. The van der Waals surface area contributed by atoms with E-state index in [1.54, 1.807) is 6.92 Å². The molecule has 0 unspecified atom stereocenters. The van der Waals surface area contributed by atoms with Gasteiger partial charge in [-0.05, 0) is 12.3 Å². The minimum absolute atomic E-state index is 0.0139. The molecule has 4 nitrogen and oxygen atoms in total. The summed E-state index contributed by atoms with van der Waals surface area (Å²) in [7, 11) is 0. The van der Waals surface area contributed by atoms with Crippen molar-refractivity contribution in [3.8, 4) is 0 Å². The van der Waals surface area contributed by atoms with Crippen molar-refractivity contribution in [2.45, 2.75) is 33.1 Å². The summed E-state index contributed by atoms with van der Waals surface area (Å²) < 4.78 is 0. The number of aromatic carboxylic acids is 1. The van der Waals surface area contributed by atoms with Gasteiger partial charge in [0, 0.05) is 5.56 Å². The summed E-state index contributed by atoms with van der Waals surface area (Å²) in [5, 5.41) is 9.24. The van der Waals surface area contributed by atoms with Gasteiger partial charge < -0.3 is 5.11 Å². The first-order valence-corrected chi connectivity index (χ1v) is 4.89. The lowest BCUT2D eigenvalue weighted by atomic mass is 9.86. The Hall–Kier alpha value is -1.16. The predicted octanol–water partition coefficient (Wildman–Crippen LogP) is 2.43. The molecule has 0 aromatic carbocycles. The normalized spacial score (nSPS) is 11.5. The van der Waals surface area contributed by atoms with Crippen molar-refractivity contribution in [3.63, 3.8) is 0 Å². The molecule has 1 aromatic rings. The van der Waals surface area contributed by atoms with E-state index < -0.39 is 11.4 Å². The molecule has 0 aliphatic heterocycles. The van der Waals surface area contributed by atoms with Gasteiger partial charge in [0.25, 0.3) is 0 Å². The van der Waals surface area contributed by atoms with Gasteiger partial charge in [0.2, 0.25) is 0 Å². The highest BCUT2D eigenvalue weighted by Crippen LogP contribution is 2.30. The van der Waals surface area contributed by atoms with Gasteiger partial charge >= 0.3 is 5.97 Å². The first-order valence-electron chi connectivity index (χ1n) is 4.51. The molecule has 1 heterocycles. The predicted molar refractivity (Wildman–Crippen MR) is 57.4 cm³/mol. The number of carboxylic acid groups (broad SMARTS) is 1. The highest BCUT2D eigenvalue weighted by Gasteiger charge is 2.27. The largest absolute Gasteiger partial charge is 0.476 e. The van der Waals surface area contributed by atoms with Gasteiger partial charge in [0.15, 0.2) is 5.69 Å². The molecule has 0 spiro atoms. The molecular formula is C10H13ClN2O2. The van der Waals surface area contributed by atoms with Crippen molar-refractivity contribution < 1.29 is 9.90 Å². The fourth-order valence-electron chi connectivity index (χ4n) is 1.36. The summed E-state index contributed by atoms with van der Waals surface area (Å²) in [6.07, 6.45) is 0. The van der Waals surface area contributed by atoms with Crippen molar-refractivity contribution in [1.82, 2.24) is 9.97 Å². The summed E-state index contributed by atoms with van der Waals surface area (Å²) >= 11 is 5.95. The molecule has 1 rings (SSSR count). The summed E-state index contributed by atoms with van der Waals surface area (Å²) in [4.78, 5) is 18.9. The van der Waals surface area contributed by atoms with Crippen LogP contribution in [0.15, 0.2) is 0 Å². The molecule has 0 radical (unpaired) electrons. The number of halogens is 1. The molecule has 15 heavy (non-hydrogen) atoms. The zero-order valence-corrected chi connectivity index (χ0v) is 9.88. The van der Waals surface area contributed by atoms with Crippen LogP contribution in [0.1, 0.15) is 42.6 Å². The van der Waals surface area contributed by atoms with Crippen molar-refractivity contribution >= 4 is 17.6 Å². The Morgan fingerprint density at radius 1 is 1.33 bits per heavy atom. The third-order valence-corrected chi connectivity index (χ3v) is 2.20. The lowest BCUT2D eigenvalue weighted by Crippen LogP contribution is -2.20. The molecular weight excluding hydrogens is 216 g/mol. The zero-order valence-electron chi connectivity index (χ0n) is 9.13. The second kappa shape index (κ2) is 3.77. The van der Waals surface area contributed by atoms with Gasteiger partial charge in [-0.1, -0.05) is 32.4 Å². The van der Waals surface area contributed by atoms with Crippen LogP contribution in [0.5, 0.6) is 0 Å². The van der Waals surface area contributed by atoms with E-state index in [0.717, 1.165) is 0 Å². The van der Waals surface area contributed by atoms with E-state index in [1.807, 2.05) is 20.8 Å². The molecule has 1 aromatic heterocycles. The molecule has 0 fully saturated rings. The van der Waals surface area contributed by atoms with Crippen molar-refractivity contribution in [2.75, 3.05) is 0 Å². The number of carboxylic acids is 1. The highest BCUT2D eigenvalue weighted by atomic mass is 35.5. The Bertz CT molecular complexity index is 411. The number of aromatic nitrogens is 2. The Labute approximate surface area is 93.3 Å². The van der Waals surface area contributed by atoms with Gasteiger partial charge in [-0.15, -0.1) is 0 Å². The zero-order chi connectivity index (χ0) is 11.8. The van der Waals surface area contributed by atoms with Crippen LogP contribution in [-0.4, -0.2) is 21.0 Å². The van der Waals surface area contributed by atoms with Crippen LogP contribution < -0.4 is 0 Å². The average Bonchev–Trinajstić information content (AvgIpc) is 1.99. The van der Waals surface area contributed by atoms with Crippen LogP contribution in [0.4, 0.5) is 0 Å². The standard InChI is InChI=1S/C10H13ClN2O2/c1-5-12-7(9(14)15)6(8(11)13-5)10(2,3)4/h1-4H3,(H,14,15). The lowest BCUT2D eigenvalue weighted by Gasteiger charge is -2.21. The van der Waals surface area contributed by atoms with Crippen molar-refractivity contribution in [1.29, 1.82) is 0 Å². The first-order chi connectivity index (χ1) is 6.73. The Kier molecular flexibility index (Phi) is 3.00. The SMILES string of the molecule is Cc1nc(Cl)c(C(C)(C)C)c(C(=O)O)n1. The summed E-state index contributed by atoms with van der Waals surface area (Å²) in [6.45, 7) is 7.24. The van der Waals surface area contributed by atoms with E-state index in [-0.39, 0.29) is 10.8 Å². The van der Waals surface area contributed by atoms with Crippen LogP contribution in [0, 0.1) is 6.92 Å². The number of hydrogen-bond donors (Lipinski definition) is 1. The van der Waals surface area contributed by atoms with Crippen LogP contribution in [0.3, 0.4) is 0 Å². The average molecular weight is 229 g/mol. The van der Waals surface area contributed by atoms with Gasteiger partial charge in [-0.3, -0.25) is 0 Å². The molecule has 0 bridgehead atoms. The van der Waals surface area contributed by atoms with E-state index in [9.17, 15) is 4.79 Å². The maximum atomic E-state index is 11.0. The van der Waals surface area contributed by atoms with Crippen LogP contribution >= 0.6 is 11.6 Å². The number of carbonyl (C=O) groups is 1. The Morgan fingerprint density at radius 3 is 2.27 bits per heavy atom. The van der Waals surface area contributed by atoms with Crippen LogP contribution in [-0.2, 0) is 5.41 Å². The van der Waals surface area contributed by atoms with Gasteiger partial charge in [0.05, 0.1) is 0 Å². The quantitative estimate of drug-likeness (QED) is 0.750. The van der Waals surface area contributed by atoms with E-state index in [1.165, 1.54) is 0 Å². The summed E-state index contributed by atoms with van der Waals surface area (Å²) in [6, 6.07) is 0. The number of hydrogen-bond acceptors (Lipinski definition) is 3. The molecule has 0 amide bonds. The maximum absolute atomic E-state index is 11.0. The second-order valence-electron chi connectivity index (χ2n) is 4.34. The van der Waals surface area contributed by atoms with Gasteiger partial charge in [-0.25, -0.2) is 14.8 Å². The third-order valence-electron chi connectivity index (χ3n) is 1.93. The maximum Gasteiger partial charge on any atom is 0.354 e.